The monoisotopic (exact) mass is 233 g/mol. The molecule has 17 heavy (non-hydrogen) atoms. The molecule has 0 fully saturated rings. The molecule has 0 saturated heterocycles. The third-order valence-corrected chi connectivity index (χ3v) is 2.34. The van der Waals surface area contributed by atoms with Crippen molar-refractivity contribution in [2.45, 2.75) is 6.54 Å². The summed E-state index contributed by atoms with van der Waals surface area (Å²) in [5, 5.41) is 17.6. The highest BCUT2D eigenvalue weighted by Gasteiger charge is 2.13. The standard InChI is InChI=1S/C10H11N5O2/c1-11-9-3-2-8(4-10(9)15(16)17)5-14-7-12-6-13-14/h2-4,6-7,11H,5H2,1H3. The van der Waals surface area contributed by atoms with Gasteiger partial charge in [0.05, 0.1) is 11.5 Å². The number of nitro benzene ring substituents is 1. The number of nitro groups is 1. The molecule has 2 aromatic rings. The number of anilines is 1. The zero-order valence-corrected chi connectivity index (χ0v) is 9.20. The molecule has 0 aliphatic heterocycles. The van der Waals surface area contributed by atoms with Gasteiger partial charge in [0, 0.05) is 13.1 Å². The van der Waals surface area contributed by atoms with E-state index in [1.54, 1.807) is 24.1 Å². The molecule has 0 saturated carbocycles. The first-order chi connectivity index (χ1) is 8.20. The zero-order chi connectivity index (χ0) is 12.3. The topological polar surface area (TPSA) is 85.9 Å². The van der Waals surface area contributed by atoms with Gasteiger partial charge in [-0.15, -0.1) is 0 Å². The van der Waals surface area contributed by atoms with Gasteiger partial charge in [0.2, 0.25) is 0 Å². The van der Waals surface area contributed by atoms with E-state index in [1.165, 1.54) is 12.4 Å². The van der Waals surface area contributed by atoms with E-state index >= 15 is 0 Å². The van der Waals surface area contributed by atoms with Crippen molar-refractivity contribution in [1.29, 1.82) is 0 Å². The Labute approximate surface area is 97.2 Å². The van der Waals surface area contributed by atoms with Gasteiger partial charge in [-0.1, -0.05) is 6.07 Å². The van der Waals surface area contributed by atoms with Crippen molar-refractivity contribution in [2.75, 3.05) is 12.4 Å². The molecule has 1 aromatic carbocycles. The largest absolute Gasteiger partial charge is 0.383 e. The van der Waals surface area contributed by atoms with Crippen LogP contribution in [0.5, 0.6) is 0 Å². The molecule has 0 spiro atoms. The second-order valence-electron chi connectivity index (χ2n) is 3.45. The Morgan fingerprint density at radius 1 is 1.53 bits per heavy atom. The minimum atomic E-state index is -0.406. The van der Waals surface area contributed by atoms with Crippen LogP contribution in [0.15, 0.2) is 30.9 Å². The summed E-state index contributed by atoms with van der Waals surface area (Å²) in [6.45, 7) is 0.463. The van der Waals surface area contributed by atoms with Gasteiger partial charge in [0.15, 0.2) is 0 Å². The Morgan fingerprint density at radius 3 is 2.94 bits per heavy atom. The van der Waals surface area contributed by atoms with Crippen molar-refractivity contribution in [3.05, 3.63) is 46.5 Å². The highest BCUT2D eigenvalue weighted by Crippen LogP contribution is 2.25. The van der Waals surface area contributed by atoms with Gasteiger partial charge >= 0.3 is 0 Å². The van der Waals surface area contributed by atoms with Crippen molar-refractivity contribution in [2.24, 2.45) is 0 Å². The summed E-state index contributed by atoms with van der Waals surface area (Å²) in [6.07, 6.45) is 2.99. The number of rotatable bonds is 4. The highest BCUT2D eigenvalue weighted by molar-refractivity contribution is 5.62. The SMILES string of the molecule is CNc1ccc(Cn2cncn2)cc1[N+](=O)[O-]. The minimum Gasteiger partial charge on any atom is -0.383 e. The second kappa shape index (κ2) is 4.60. The number of nitrogens with zero attached hydrogens (tertiary/aromatic N) is 4. The average Bonchev–Trinajstić information content (AvgIpc) is 2.81. The predicted molar refractivity (Wildman–Crippen MR) is 61.8 cm³/mol. The van der Waals surface area contributed by atoms with Crippen LogP contribution in [0, 0.1) is 10.1 Å². The summed E-state index contributed by atoms with van der Waals surface area (Å²) >= 11 is 0. The highest BCUT2D eigenvalue weighted by atomic mass is 16.6. The summed E-state index contributed by atoms with van der Waals surface area (Å²) in [7, 11) is 1.65. The van der Waals surface area contributed by atoms with E-state index in [4.69, 9.17) is 0 Å². The Kier molecular flexibility index (Phi) is 2.99. The maximum atomic E-state index is 10.9. The zero-order valence-electron chi connectivity index (χ0n) is 9.20. The van der Waals surface area contributed by atoms with Crippen LogP contribution in [0.25, 0.3) is 0 Å². The van der Waals surface area contributed by atoms with E-state index in [1.807, 2.05) is 6.07 Å². The van der Waals surface area contributed by atoms with Crippen LogP contribution in [0.2, 0.25) is 0 Å². The van der Waals surface area contributed by atoms with Crippen molar-refractivity contribution in [1.82, 2.24) is 14.8 Å². The summed E-state index contributed by atoms with van der Waals surface area (Å²) in [6, 6.07) is 5.04. The third-order valence-electron chi connectivity index (χ3n) is 2.34. The number of benzene rings is 1. The third kappa shape index (κ3) is 2.39. The number of hydrogen-bond acceptors (Lipinski definition) is 5. The maximum absolute atomic E-state index is 10.9. The fourth-order valence-corrected chi connectivity index (χ4v) is 1.54. The molecule has 2 rings (SSSR count). The minimum absolute atomic E-state index is 0.0603. The van der Waals surface area contributed by atoms with E-state index < -0.39 is 4.92 Å². The Hall–Kier alpha value is -2.44. The van der Waals surface area contributed by atoms with Crippen LogP contribution in [-0.4, -0.2) is 26.7 Å². The molecule has 0 aliphatic rings. The molecule has 0 unspecified atom stereocenters. The van der Waals surface area contributed by atoms with E-state index in [9.17, 15) is 10.1 Å². The van der Waals surface area contributed by atoms with Gasteiger partial charge in [-0.05, 0) is 11.6 Å². The molecule has 1 N–H and O–H groups in total. The first-order valence-electron chi connectivity index (χ1n) is 4.98. The van der Waals surface area contributed by atoms with Gasteiger partial charge in [0.1, 0.15) is 18.3 Å². The molecule has 0 aliphatic carbocycles. The first-order valence-corrected chi connectivity index (χ1v) is 4.98. The number of hydrogen-bond donors (Lipinski definition) is 1. The number of aromatic nitrogens is 3. The Morgan fingerprint density at radius 2 is 2.35 bits per heavy atom. The molecule has 1 heterocycles. The predicted octanol–water partition coefficient (Wildman–Crippen LogP) is 1.28. The van der Waals surface area contributed by atoms with Crippen LogP contribution < -0.4 is 5.32 Å². The van der Waals surface area contributed by atoms with Crippen LogP contribution in [0.4, 0.5) is 11.4 Å². The lowest BCUT2D eigenvalue weighted by molar-refractivity contribution is -0.384. The summed E-state index contributed by atoms with van der Waals surface area (Å²) < 4.78 is 1.61. The molecule has 7 heteroatoms. The molecule has 0 amide bonds. The maximum Gasteiger partial charge on any atom is 0.292 e. The molecule has 0 radical (unpaired) electrons. The molecule has 1 aromatic heterocycles. The molecule has 0 bridgehead atoms. The fraction of sp³-hybridized carbons (Fsp3) is 0.200. The first kappa shape index (κ1) is 11.1. The van der Waals surface area contributed by atoms with E-state index in [0.29, 0.717) is 12.2 Å². The van der Waals surface area contributed by atoms with Crippen molar-refractivity contribution in [3.8, 4) is 0 Å². The lowest BCUT2D eigenvalue weighted by Gasteiger charge is -2.05. The van der Waals surface area contributed by atoms with Crippen molar-refractivity contribution < 1.29 is 4.92 Å². The second-order valence-corrected chi connectivity index (χ2v) is 3.45. The molecule has 88 valence electrons. The smallest absolute Gasteiger partial charge is 0.292 e. The van der Waals surface area contributed by atoms with E-state index in [2.05, 4.69) is 15.4 Å². The lowest BCUT2D eigenvalue weighted by atomic mass is 10.1. The lowest BCUT2D eigenvalue weighted by Crippen LogP contribution is -2.02. The van der Waals surface area contributed by atoms with Crippen LogP contribution in [0.1, 0.15) is 5.56 Å². The van der Waals surface area contributed by atoms with Gasteiger partial charge in [0.25, 0.3) is 5.69 Å². The van der Waals surface area contributed by atoms with Gasteiger partial charge in [-0.2, -0.15) is 5.10 Å². The van der Waals surface area contributed by atoms with Crippen molar-refractivity contribution in [3.63, 3.8) is 0 Å². The summed E-state index contributed by atoms with van der Waals surface area (Å²) in [5.74, 6) is 0. The van der Waals surface area contributed by atoms with Crippen LogP contribution in [0.3, 0.4) is 0 Å². The van der Waals surface area contributed by atoms with Gasteiger partial charge in [-0.25, -0.2) is 9.67 Å². The average molecular weight is 233 g/mol. The normalized spacial score (nSPS) is 10.2. The Balaban J connectivity index is 2.30. The fourth-order valence-electron chi connectivity index (χ4n) is 1.54. The van der Waals surface area contributed by atoms with Crippen LogP contribution in [-0.2, 0) is 6.54 Å². The molecule has 7 nitrogen and oxygen atoms in total. The van der Waals surface area contributed by atoms with E-state index in [0.717, 1.165) is 5.56 Å². The summed E-state index contributed by atoms with van der Waals surface area (Å²) in [5.41, 5.74) is 1.36. The van der Waals surface area contributed by atoms with Gasteiger partial charge in [-0.3, -0.25) is 10.1 Å². The molecular weight excluding hydrogens is 222 g/mol. The van der Waals surface area contributed by atoms with Gasteiger partial charge < -0.3 is 5.32 Å². The quantitative estimate of drug-likeness (QED) is 0.635. The molecule has 0 atom stereocenters. The van der Waals surface area contributed by atoms with Crippen LogP contribution >= 0.6 is 0 Å². The molecular formula is C10H11N5O2. The van der Waals surface area contributed by atoms with Crippen molar-refractivity contribution >= 4 is 11.4 Å². The summed E-state index contributed by atoms with van der Waals surface area (Å²) in [4.78, 5) is 14.3. The Bertz CT molecular complexity index is 523. The number of nitrogens with one attached hydrogen (secondary N) is 1. The van der Waals surface area contributed by atoms with E-state index in [-0.39, 0.29) is 5.69 Å².